The molecule has 0 atom stereocenters. The molecule has 0 saturated heterocycles. The number of esters is 1. The highest BCUT2D eigenvalue weighted by Gasteiger charge is 2.15. The largest absolute Gasteiger partial charge is 0.421 e. The number of ketones is 1. The SMILES string of the molecule is Cc1cc(C(=O)Oc2ccc(C(=O)c3ccc(F)cc3)cc2)on1. The standard InChI is InChI=1S/C18H12FNO4/c1-11-10-16(24-20-11)18(22)23-15-8-4-13(5-9-15)17(21)12-2-6-14(19)7-3-12/h2-10H,1H3. The predicted molar refractivity (Wildman–Crippen MR) is 82.5 cm³/mol. The molecule has 0 spiro atoms. The Morgan fingerprint density at radius 1 is 1.00 bits per heavy atom. The molecule has 0 aliphatic rings. The van der Waals surface area contributed by atoms with Crippen molar-refractivity contribution in [3.05, 3.63) is 83.0 Å². The molecule has 0 aliphatic carbocycles. The molecular formula is C18H12FNO4. The Balaban J connectivity index is 1.72. The Bertz CT molecular complexity index is 882. The molecule has 6 heteroatoms. The van der Waals surface area contributed by atoms with Crippen LogP contribution in [0, 0.1) is 12.7 Å². The molecule has 120 valence electrons. The summed E-state index contributed by atoms with van der Waals surface area (Å²) < 4.78 is 22.9. The lowest BCUT2D eigenvalue weighted by Gasteiger charge is -2.04. The number of nitrogens with zero attached hydrogens (tertiary/aromatic N) is 1. The van der Waals surface area contributed by atoms with Gasteiger partial charge in [-0.2, -0.15) is 0 Å². The third-order valence-electron chi connectivity index (χ3n) is 3.26. The highest BCUT2D eigenvalue weighted by Crippen LogP contribution is 2.17. The van der Waals surface area contributed by atoms with Crippen LogP contribution in [0.3, 0.4) is 0 Å². The molecule has 0 bridgehead atoms. The van der Waals surface area contributed by atoms with Gasteiger partial charge in [-0.25, -0.2) is 9.18 Å². The summed E-state index contributed by atoms with van der Waals surface area (Å²) in [6, 6.07) is 12.8. The van der Waals surface area contributed by atoms with Crippen LogP contribution in [-0.4, -0.2) is 16.9 Å². The second-order valence-corrected chi connectivity index (χ2v) is 5.08. The zero-order chi connectivity index (χ0) is 17.1. The first-order valence-electron chi connectivity index (χ1n) is 7.09. The van der Waals surface area contributed by atoms with Gasteiger partial charge in [0.05, 0.1) is 5.69 Å². The van der Waals surface area contributed by atoms with E-state index in [1.165, 1.54) is 54.6 Å². The van der Waals surface area contributed by atoms with Crippen LogP contribution < -0.4 is 4.74 Å². The van der Waals surface area contributed by atoms with E-state index in [4.69, 9.17) is 9.26 Å². The van der Waals surface area contributed by atoms with Crippen molar-refractivity contribution in [2.45, 2.75) is 6.92 Å². The van der Waals surface area contributed by atoms with Crippen LogP contribution in [0.15, 0.2) is 59.1 Å². The molecule has 1 heterocycles. The fourth-order valence-electron chi connectivity index (χ4n) is 2.06. The fourth-order valence-corrected chi connectivity index (χ4v) is 2.06. The molecule has 5 nitrogen and oxygen atoms in total. The highest BCUT2D eigenvalue weighted by atomic mass is 19.1. The van der Waals surface area contributed by atoms with Gasteiger partial charge in [-0.05, 0) is 55.5 Å². The molecule has 3 rings (SSSR count). The van der Waals surface area contributed by atoms with E-state index in [2.05, 4.69) is 5.16 Å². The van der Waals surface area contributed by atoms with Gasteiger partial charge in [0.2, 0.25) is 5.76 Å². The monoisotopic (exact) mass is 325 g/mol. The molecule has 0 N–H and O–H groups in total. The van der Waals surface area contributed by atoms with Gasteiger partial charge in [-0.15, -0.1) is 0 Å². The maximum atomic E-state index is 12.9. The maximum Gasteiger partial charge on any atom is 0.382 e. The summed E-state index contributed by atoms with van der Waals surface area (Å²) >= 11 is 0. The number of aryl methyl sites for hydroxylation is 1. The molecule has 2 aromatic carbocycles. The molecule has 3 aromatic rings. The number of carbonyl (C=O) groups is 2. The number of hydrogen-bond acceptors (Lipinski definition) is 5. The van der Waals surface area contributed by atoms with Crippen molar-refractivity contribution < 1.29 is 23.2 Å². The van der Waals surface area contributed by atoms with Crippen LogP contribution in [0.1, 0.15) is 32.2 Å². The summed E-state index contributed by atoms with van der Waals surface area (Å²) in [5.74, 6) is -1.06. The first-order valence-corrected chi connectivity index (χ1v) is 7.09. The topological polar surface area (TPSA) is 69.4 Å². The minimum absolute atomic E-state index is 0.000958. The molecule has 24 heavy (non-hydrogen) atoms. The smallest absolute Gasteiger partial charge is 0.382 e. The van der Waals surface area contributed by atoms with Gasteiger partial charge in [-0.1, -0.05) is 5.16 Å². The zero-order valence-electron chi connectivity index (χ0n) is 12.7. The summed E-state index contributed by atoms with van der Waals surface area (Å²) in [6.07, 6.45) is 0. The number of aromatic nitrogens is 1. The van der Waals surface area contributed by atoms with Crippen LogP contribution in [-0.2, 0) is 0 Å². The van der Waals surface area contributed by atoms with Crippen molar-refractivity contribution >= 4 is 11.8 Å². The normalized spacial score (nSPS) is 10.4. The highest BCUT2D eigenvalue weighted by molar-refractivity contribution is 6.09. The number of halogens is 1. The zero-order valence-corrected chi connectivity index (χ0v) is 12.7. The Hall–Kier alpha value is -3.28. The van der Waals surface area contributed by atoms with Gasteiger partial charge in [-0.3, -0.25) is 4.79 Å². The van der Waals surface area contributed by atoms with Gasteiger partial charge in [0.1, 0.15) is 11.6 Å². The van der Waals surface area contributed by atoms with E-state index in [-0.39, 0.29) is 17.3 Å². The summed E-state index contributed by atoms with van der Waals surface area (Å²) in [6.45, 7) is 1.69. The number of hydrogen-bond donors (Lipinski definition) is 0. The van der Waals surface area contributed by atoms with Crippen LogP contribution >= 0.6 is 0 Å². The van der Waals surface area contributed by atoms with Crippen molar-refractivity contribution in [2.24, 2.45) is 0 Å². The summed E-state index contributed by atoms with van der Waals surface area (Å²) in [7, 11) is 0. The summed E-state index contributed by atoms with van der Waals surface area (Å²) in [4.78, 5) is 24.1. The molecule has 0 radical (unpaired) electrons. The number of carbonyl (C=O) groups excluding carboxylic acids is 2. The first-order chi connectivity index (χ1) is 11.5. The van der Waals surface area contributed by atoms with Gasteiger partial charge in [0, 0.05) is 17.2 Å². The molecule has 0 saturated carbocycles. The Kier molecular flexibility index (Phi) is 4.20. The van der Waals surface area contributed by atoms with Crippen molar-refractivity contribution in [3.63, 3.8) is 0 Å². The Morgan fingerprint density at radius 2 is 1.58 bits per heavy atom. The van der Waals surface area contributed by atoms with Crippen molar-refractivity contribution in [1.82, 2.24) is 5.16 Å². The average molecular weight is 325 g/mol. The van der Waals surface area contributed by atoms with Crippen molar-refractivity contribution in [1.29, 1.82) is 0 Å². The molecule has 0 unspecified atom stereocenters. The first kappa shape index (κ1) is 15.6. The minimum atomic E-state index is -0.673. The van der Waals surface area contributed by atoms with E-state index >= 15 is 0 Å². The van der Waals surface area contributed by atoms with Gasteiger partial charge < -0.3 is 9.26 Å². The number of rotatable bonds is 4. The van der Waals surface area contributed by atoms with E-state index in [9.17, 15) is 14.0 Å². The van der Waals surface area contributed by atoms with Crippen molar-refractivity contribution in [3.8, 4) is 5.75 Å². The number of ether oxygens (including phenoxy) is 1. The van der Waals surface area contributed by atoms with Crippen molar-refractivity contribution in [2.75, 3.05) is 0 Å². The summed E-state index contributed by atoms with van der Waals surface area (Å²) in [5.41, 5.74) is 1.34. The quantitative estimate of drug-likeness (QED) is 0.417. The average Bonchev–Trinajstić information content (AvgIpc) is 3.02. The maximum absolute atomic E-state index is 12.9. The van der Waals surface area contributed by atoms with Crippen LogP contribution in [0.5, 0.6) is 5.75 Å². The lowest BCUT2D eigenvalue weighted by atomic mass is 10.0. The van der Waals surface area contributed by atoms with Gasteiger partial charge in [0.15, 0.2) is 5.78 Å². The molecule has 0 fully saturated rings. The van der Waals surface area contributed by atoms with E-state index in [1.807, 2.05) is 0 Å². The van der Waals surface area contributed by atoms with E-state index in [1.54, 1.807) is 6.92 Å². The van der Waals surface area contributed by atoms with Crippen LogP contribution in [0.25, 0.3) is 0 Å². The lowest BCUT2D eigenvalue weighted by Crippen LogP contribution is -2.07. The van der Waals surface area contributed by atoms with Crippen LogP contribution in [0.2, 0.25) is 0 Å². The lowest BCUT2D eigenvalue weighted by molar-refractivity contribution is 0.0691. The predicted octanol–water partition coefficient (Wildman–Crippen LogP) is 3.57. The molecule has 0 amide bonds. The Labute approximate surface area is 136 Å². The van der Waals surface area contributed by atoms with E-state index < -0.39 is 11.8 Å². The third-order valence-corrected chi connectivity index (χ3v) is 3.26. The number of benzene rings is 2. The molecule has 0 aliphatic heterocycles. The second-order valence-electron chi connectivity index (χ2n) is 5.08. The van der Waals surface area contributed by atoms with Gasteiger partial charge in [0.25, 0.3) is 0 Å². The second kappa shape index (κ2) is 6.45. The Morgan fingerprint density at radius 3 is 2.12 bits per heavy atom. The van der Waals surface area contributed by atoms with E-state index in [0.717, 1.165) is 0 Å². The molecule has 1 aromatic heterocycles. The third kappa shape index (κ3) is 3.38. The minimum Gasteiger partial charge on any atom is -0.421 e. The van der Waals surface area contributed by atoms with Crippen LogP contribution in [0.4, 0.5) is 4.39 Å². The fraction of sp³-hybridized carbons (Fsp3) is 0.0556. The molecular weight excluding hydrogens is 313 g/mol. The summed E-state index contributed by atoms with van der Waals surface area (Å²) in [5, 5.41) is 3.61. The van der Waals surface area contributed by atoms with E-state index in [0.29, 0.717) is 16.8 Å². The van der Waals surface area contributed by atoms with Gasteiger partial charge >= 0.3 is 5.97 Å².